The number of hydrogen-bond donors (Lipinski definition) is 1. The van der Waals surface area contributed by atoms with E-state index in [4.69, 9.17) is 9.52 Å². The summed E-state index contributed by atoms with van der Waals surface area (Å²) in [5, 5.41) is 8.95. The molecule has 94 valence electrons. The highest BCUT2D eigenvalue weighted by Gasteiger charge is 2.28. The summed E-state index contributed by atoms with van der Waals surface area (Å²) in [5.74, 6) is 0.977. The second kappa shape index (κ2) is 4.82. The van der Waals surface area contributed by atoms with Crippen molar-refractivity contribution in [2.24, 2.45) is 5.92 Å². The third-order valence-electron chi connectivity index (χ3n) is 3.67. The Morgan fingerprint density at radius 1 is 1.35 bits per heavy atom. The first kappa shape index (κ1) is 12.0. The normalized spacial score (nSPS) is 24.6. The van der Waals surface area contributed by atoms with E-state index in [1.165, 1.54) is 0 Å². The van der Waals surface area contributed by atoms with Gasteiger partial charge in [-0.15, -0.1) is 0 Å². The quantitative estimate of drug-likeness (QED) is 0.878. The van der Waals surface area contributed by atoms with Gasteiger partial charge in [0.25, 0.3) is 0 Å². The maximum atomic E-state index is 10.9. The Morgan fingerprint density at radius 3 is 2.47 bits per heavy atom. The van der Waals surface area contributed by atoms with Gasteiger partial charge in [0.05, 0.1) is 5.92 Å². The Hall–Kier alpha value is -1.45. The van der Waals surface area contributed by atoms with Gasteiger partial charge in [-0.05, 0) is 38.7 Å². The molecular weight excluding hydrogens is 218 g/mol. The molecule has 4 heteroatoms. The third kappa shape index (κ3) is 2.62. The Morgan fingerprint density at radius 2 is 2.00 bits per heavy atom. The summed E-state index contributed by atoms with van der Waals surface area (Å²) in [6.07, 6.45) is 3.38. The van der Waals surface area contributed by atoms with Crippen molar-refractivity contribution in [1.29, 1.82) is 0 Å². The maximum Gasteiger partial charge on any atom is 0.306 e. The van der Waals surface area contributed by atoms with Crippen LogP contribution in [0.25, 0.3) is 0 Å². The molecule has 1 aromatic heterocycles. The van der Waals surface area contributed by atoms with Gasteiger partial charge in [0.1, 0.15) is 5.76 Å². The minimum atomic E-state index is -0.653. The van der Waals surface area contributed by atoms with Crippen molar-refractivity contribution >= 4 is 11.9 Å². The number of carboxylic acids is 1. The van der Waals surface area contributed by atoms with Gasteiger partial charge in [0.15, 0.2) is 5.88 Å². The molecule has 0 amide bonds. The number of nitrogens with zero attached hydrogens (tertiary/aromatic N) is 1. The molecule has 0 radical (unpaired) electrons. The summed E-state index contributed by atoms with van der Waals surface area (Å²) in [6.45, 7) is 1.93. The van der Waals surface area contributed by atoms with E-state index in [1.54, 1.807) is 0 Å². The molecule has 0 bridgehead atoms. The van der Waals surface area contributed by atoms with E-state index in [0.29, 0.717) is 6.04 Å². The molecule has 0 atom stereocenters. The van der Waals surface area contributed by atoms with Crippen molar-refractivity contribution in [2.75, 3.05) is 11.9 Å². The van der Waals surface area contributed by atoms with Crippen LogP contribution >= 0.6 is 0 Å². The average molecular weight is 237 g/mol. The van der Waals surface area contributed by atoms with E-state index in [1.807, 2.05) is 26.1 Å². The Balaban J connectivity index is 1.94. The van der Waals surface area contributed by atoms with Crippen LogP contribution in [0.5, 0.6) is 0 Å². The molecule has 4 nitrogen and oxygen atoms in total. The first-order valence-electron chi connectivity index (χ1n) is 6.10. The minimum Gasteiger partial charge on any atom is -0.481 e. The van der Waals surface area contributed by atoms with Gasteiger partial charge in [0, 0.05) is 19.2 Å². The molecule has 1 fully saturated rings. The summed E-state index contributed by atoms with van der Waals surface area (Å²) >= 11 is 0. The monoisotopic (exact) mass is 237 g/mol. The molecule has 0 aliphatic heterocycles. The summed E-state index contributed by atoms with van der Waals surface area (Å²) in [4.78, 5) is 13.0. The zero-order valence-electron chi connectivity index (χ0n) is 10.3. The van der Waals surface area contributed by atoms with E-state index >= 15 is 0 Å². The van der Waals surface area contributed by atoms with Gasteiger partial charge in [-0.2, -0.15) is 0 Å². The van der Waals surface area contributed by atoms with Crippen LogP contribution in [-0.4, -0.2) is 24.2 Å². The van der Waals surface area contributed by atoms with Crippen molar-refractivity contribution < 1.29 is 14.3 Å². The van der Waals surface area contributed by atoms with E-state index in [2.05, 4.69) is 4.90 Å². The second-order valence-electron chi connectivity index (χ2n) is 4.84. The fourth-order valence-corrected chi connectivity index (χ4v) is 2.50. The molecule has 1 heterocycles. The maximum absolute atomic E-state index is 10.9. The molecule has 1 aromatic rings. The first-order valence-corrected chi connectivity index (χ1v) is 6.10. The Labute approximate surface area is 101 Å². The van der Waals surface area contributed by atoms with Gasteiger partial charge in [0.2, 0.25) is 0 Å². The molecule has 0 unspecified atom stereocenters. The van der Waals surface area contributed by atoms with Crippen molar-refractivity contribution in [3.63, 3.8) is 0 Å². The summed E-state index contributed by atoms with van der Waals surface area (Å²) in [5.41, 5.74) is 0. The molecule has 1 saturated carbocycles. The third-order valence-corrected chi connectivity index (χ3v) is 3.67. The van der Waals surface area contributed by atoms with E-state index in [-0.39, 0.29) is 5.92 Å². The van der Waals surface area contributed by atoms with Gasteiger partial charge in [-0.1, -0.05) is 0 Å². The van der Waals surface area contributed by atoms with Crippen LogP contribution in [0, 0.1) is 12.8 Å². The van der Waals surface area contributed by atoms with Gasteiger partial charge >= 0.3 is 5.97 Å². The molecule has 17 heavy (non-hydrogen) atoms. The number of carboxylic acid groups (broad SMARTS) is 1. The first-order chi connectivity index (χ1) is 8.08. The molecular formula is C13H19NO3. The highest BCUT2D eigenvalue weighted by molar-refractivity contribution is 5.70. The highest BCUT2D eigenvalue weighted by Crippen LogP contribution is 2.30. The zero-order valence-corrected chi connectivity index (χ0v) is 10.3. The highest BCUT2D eigenvalue weighted by atomic mass is 16.4. The van der Waals surface area contributed by atoms with Crippen LogP contribution < -0.4 is 4.90 Å². The van der Waals surface area contributed by atoms with Crippen LogP contribution in [0.3, 0.4) is 0 Å². The molecule has 0 aromatic carbocycles. The van der Waals surface area contributed by atoms with Gasteiger partial charge in [-0.3, -0.25) is 4.79 Å². The lowest BCUT2D eigenvalue weighted by Crippen LogP contribution is -2.36. The van der Waals surface area contributed by atoms with Crippen LogP contribution in [0.15, 0.2) is 16.5 Å². The summed E-state index contributed by atoms with van der Waals surface area (Å²) in [6, 6.07) is 4.32. The zero-order chi connectivity index (χ0) is 12.4. The fourth-order valence-electron chi connectivity index (χ4n) is 2.50. The predicted octanol–water partition coefficient (Wildman–Crippen LogP) is 2.67. The minimum absolute atomic E-state index is 0.155. The van der Waals surface area contributed by atoms with Crippen LogP contribution in [0.2, 0.25) is 0 Å². The van der Waals surface area contributed by atoms with Gasteiger partial charge in [-0.25, -0.2) is 0 Å². The second-order valence-corrected chi connectivity index (χ2v) is 4.84. The lowest BCUT2D eigenvalue weighted by atomic mass is 9.85. The van der Waals surface area contributed by atoms with E-state index in [0.717, 1.165) is 37.3 Å². The molecule has 0 saturated heterocycles. The molecule has 2 rings (SSSR count). The smallest absolute Gasteiger partial charge is 0.306 e. The predicted molar refractivity (Wildman–Crippen MR) is 65.2 cm³/mol. The van der Waals surface area contributed by atoms with Crippen LogP contribution in [0.1, 0.15) is 31.4 Å². The van der Waals surface area contributed by atoms with Crippen molar-refractivity contribution in [3.8, 4) is 0 Å². The number of furan rings is 1. The topological polar surface area (TPSA) is 53.7 Å². The van der Waals surface area contributed by atoms with Crippen molar-refractivity contribution in [3.05, 3.63) is 17.9 Å². The average Bonchev–Trinajstić information content (AvgIpc) is 2.75. The van der Waals surface area contributed by atoms with Crippen molar-refractivity contribution in [2.45, 2.75) is 38.6 Å². The van der Waals surface area contributed by atoms with E-state index in [9.17, 15) is 4.79 Å². The van der Waals surface area contributed by atoms with E-state index < -0.39 is 5.97 Å². The van der Waals surface area contributed by atoms with Gasteiger partial charge < -0.3 is 14.4 Å². The van der Waals surface area contributed by atoms with Crippen LogP contribution in [0.4, 0.5) is 5.88 Å². The number of hydrogen-bond acceptors (Lipinski definition) is 3. The molecule has 0 spiro atoms. The Kier molecular flexibility index (Phi) is 3.41. The van der Waals surface area contributed by atoms with Crippen LogP contribution in [-0.2, 0) is 4.79 Å². The molecule has 1 aliphatic rings. The number of carbonyl (C=O) groups is 1. The van der Waals surface area contributed by atoms with Crippen molar-refractivity contribution in [1.82, 2.24) is 0 Å². The number of anilines is 1. The lowest BCUT2D eigenvalue weighted by molar-refractivity contribution is -0.142. The number of aryl methyl sites for hydroxylation is 1. The standard InChI is InChI=1S/C13H19NO3/c1-9-3-8-12(17-9)14(2)11-6-4-10(5-7-11)13(15)16/h3,8,10-11H,4-7H2,1-2H3,(H,15,16). The molecule has 1 aliphatic carbocycles. The summed E-state index contributed by atoms with van der Waals surface area (Å²) < 4.78 is 5.58. The summed E-state index contributed by atoms with van der Waals surface area (Å²) in [7, 11) is 2.02. The number of aliphatic carboxylic acids is 1. The number of rotatable bonds is 3. The lowest BCUT2D eigenvalue weighted by Gasteiger charge is -2.33. The largest absolute Gasteiger partial charge is 0.481 e. The molecule has 1 N–H and O–H groups in total. The Bertz CT molecular complexity index is 391. The fraction of sp³-hybridized carbons (Fsp3) is 0.615. The SMILES string of the molecule is Cc1ccc(N(C)C2CCC(C(=O)O)CC2)o1.